The lowest BCUT2D eigenvalue weighted by Gasteiger charge is -2.20. The number of ether oxygens (including phenoxy) is 2. The molecule has 0 saturated carbocycles. The van der Waals surface area contributed by atoms with E-state index >= 15 is 0 Å². The molecule has 1 aromatic rings. The molecule has 1 aromatic carbocycles. The summed E-state index contributed by atoms with van der Waals surface area (Å²) in [6.45, 7) is 5.99. The van der Waals surface area contributed by atoms with Crippen LogP contribution in [0.1, 0.15) is 30.6 Å². The van der Waals surface area contributed by atoms with Crippen LogP contribution in [0.3, 0.4) is 0 Å². The third-order valence-electron chi connectivity index (χ3n) is 2.87. The summed E-state index contributed by atoms with van der Waals surface area (Å²) in [5, 5.41) is 2.91. The monoisotopic (exact) mass is 327 g/mol. The number of carbonyl (C=O) groups is 1. The number of benzene rings is 1. The summed E-state index contributed by atoms with van der Waals surface area (Å²) in [6, 6.07) is 3.49. The van der Waals surface area contributed by atoms with Crippen LogP contribution in [-0.4, -0.2) is 25.7 Å². The maximum atomic E-state index is 12.0. The quantitative estimate of drug-likeness (QED) is 0.924. The van der Waals surface area contributed by atoms with Crippen molar-refractivity contribution in [3.8, 4) is 11.5 Å². The van der Waals surface area contributed by atoms with Crippen LogP contribution in [0, 0.1) is 5.92 Å². The summed E-state index contributed by atoms with van der Waals surface area (Å²) in [4.78, 5) is 12.0. The van der Waals surface area contributed by atoms with Crippen LogP contribution in [0.4, 0.5) is 0 Å². The van der Waals surface area contributed by atoms with Crippen molar-refractivity contribution in [1.82, 2.24) is 5.32 Å². The number of rotatable bonds is 4. The molecule has 19 heavy (non-hydrogen) atoms. The van der Waals surface area contributed by atoms with Gasteiger partial charge in [0.05, 0.1) is 4.47 Å². The fourth-order valence-electron chi connectivity index (χ4n) is 1.82. The first kappa shape index (κ1) is 14.2. The largest absolute Gasteiger partial charge is 0.486 e. The molecule has 1 heterocycles. The molecule has 0 spiro atoms. The molecule has 1 aliphatic rings. The van der Waals surface area contributed by atoms with Gasteiger partial charge in [0, 0.05) is 12.1 Å². The summed E-state index contributed by atoms with van der Waals surface area (Å²) in [6.07, 6.45) is 0.970. The second-order valence-corrected chi connectivity index (χ2v) is 5.78. The first-order valence-electron chi connectivity index (χ1n) is 6.45. The minimum Gasteiger partial charge on any atom is -0.486 e. The van der Waals surface area contributed by atoms with Gasteiger partial charge in [0.1, 0.15) is 13.2 Å². The molecule has 2 rings (SSSR count). The molecule has 0 aromatic heterocycles. The Morgan fingerprint density at radius 1 is 1.37 bits per heavy atom. The fraction of sp³-hybridized carbons (Fsp3) is 0.500. The molecule has 0 bridgehead atoms. The van der Waals surface area contributed by atoms with Crippen molar-refractivity contribution in [2.75, 3.05) is 19.8 Å². The smallest absolute Gasteiger partial charge is 0.251 e. The van der Waals surface area contributed by atoms with Gasteiger partial charge in [0.15, 0.2) is 11.5 Å². The number of nitrogens with one attached hydrogen (secondary N) is 1. The number of hydrogen-bond acceptors (Lipinski definition) is 3. The minimum atomic E-state index is -0.0849. The summed E-state index contributed by atoms with van der Waals surface area (Å²) < 4.78 is 11.7. The van der Waals surface area contributed by atoms with Crippen LogP contribution >= 0.6 is 15.9 Å². The van der Waals surface area contributed by atoms with Crippen LogP contribution in [-0.2, 0) is 0 Å². The zero-order valence-corrected chi connectivity index (χ0v) is 12.7. The summed E-state index contributed by atoms with van der Waals surface area (Å²) >= 11 is 3.41. The molecule has 1 aliphatic heterocycles. The van der Waals surface area contributed by atoms with E-state index in [1.54, 1.807) is 12.1 Å². The Morgan fingerprint density at radius 3 is 2.84 bits per heavy atom. The number of hydrogen-bond donors (Lipinski definition) is 1. The zero-order chi connectivity index (χ0) is 13.8. The normalized spacial score (nSPS) is 13.5. The average molecular weight is 328 g/mol. The van der Waals surface area contributed by atoms with Gasteiger partial charge in [0.2, 0.25) is 0 Å². The molecule has 104 valence electrons. The molecular weight excluding hydrogens is 310 g/mol. The highest BCUT2D eigenvalue weighted by atomic mass is 79.9. The third-order valence-corrected chi connectivity index (χ3v) is 3.46. The lowest BCUT2D eigenvalue weighted by molar-refractivity contribution is 0.0950. The third kappa shape index (κ3) is 3.62. The van der Waals surface area contributed by atoms with Crippen molar-refractivity contribution < 1.29 is 14.3 Å². The Bertz CT molecular complexity index is 474. The van der Waals surface area contributed by atoms with Gasteiger partial charge in [-0.05, 0) is 40.4 Å². The highest BCUT2D eigenvalue weighted by Crippen LogP contribution is 2.38. The molecule has 0 aliphatic carbocycles. The minimum absolute atomic E-state index is 0.0849. The van der Waals surface area contributed by atoms with E-state index in [2.05, 4.69) is 35.1 Å². The van der Waals surface area contributed by atoms with Gasteiger partial charge in [-0.2, -0.15) is 0 Å². The predicted molar refractivity (Wildman–Crippen MR) is 76.9 cm³/mol. The Balaban J connectivity index is 2.08. The van der Waals surface area contributed by atoms with Crippen molar-refractivity contribution in [3.63, 3.8) is 0 Å². The molecule has 0 saturated heterocycles. The summed E-state index contributed by atoms with van der Waals surface area (Å²) in [5.74, 6) is 1.78. The van der Waals surface area contributed by atoms with Crippen LogP contribution in [0.25, 0.3) is 0 Å². The maximum absolute atomic E-state index is 12.0. The Morgan fingerprint density at radius 2 is 2.11 bits per heavy atom. The zero-order valence-electron chi connectivity index (χ0n) is 11.2. The van der Waals surface area contributed by atoms with Crippen molar-refractivity contribution in [2.24, 2.45) is 5.92 Å². The van der Waals surface area contributed by atoms with Gasteiger partial charge in [-0.25, -0.2) is 0 Å². The molecule has 0 atom stereocenters. The lowest BCUT2D eigenvalue weighted by atomic mass is 10.1. The molecule has 1 N–H and O–H groups in total. The first-order valence-corrected chi connectivity index (χ1v) is 7.24. The molecule has 0 fully saturated rings. The highest BCUT2D eigenvalue weighted by Gasteiger charge is 2.18. The Kier molecular flexibility index (Phi) is 4.69. The lowest BCUT2D eigenvalue weighted by Crippen LogP contribution is -2.25. The predicted octanol–water partition coefficient (Wildman–Crippen LogP) is 3.00. The molecule has 5 heteroatoms. The van der Waals surface area contributed by atoms with E-state index < -0.39 is 0 Å². The number of fused-ring (bicyclic) bond motifs is 1. The maximum Gasteiger partial charge on any atom is 0.251 e. The molecule has 4 nitrogen and oxygen atoms in total. The number of carbonyl (C=O) groups excluding carboxylic acids is 1. The van der Waals surface area contributed by atoms with Crippen LogP contribution in [0.5, 0.6) is 11.5 Å². The summed E-state index contributed by atoms with van der Waals surface area (Å²) in [7, 11) is 0. The second-order valence-electron chi connectivity index (χ2n) is 4.92. The molecule has 0 radical (unpaired) electrons. The van der Waals surface area contributed by atoms with Crippen molar-refractivity contribution >= 4 is 21.8 Å². The van der Waals surface area contributed by atoms with E-state index in [-0.39, 0.29) is 5.91 Å². The molecular formula is C14H18BrNO3. The van der Waals surface area contributed by atoms with Gasteiger partial charge >= 0.3 is 0 Å². The SMILES string of the molecule is CC(C)CCNC(=O)c1cc(Br)c2c(c1)OCCO2. The molecule has 0 unspecified atom stereocenters. The average Bonchev–Trinajstić information content (AvgIpc) is 2.38. The van der Waals surface area contributed by atoms with Crippen LogP contribution in [0.15, 0.2) is 16.6 Å². The van der Waals surface area contributed by atoms with E-state index in [0.29, 0.717) is 42.7 Å². The van der Waals surface area contributed by atoms with Gasteiger partial charge in [-0.3, -0.25) is 4.79 Å². The van der Waals surface area contributed by atoms with E-state index in [1.807, 2.05) is 0 Å². The van der Waals surface area contributed by atoms with Crippen LogP contribution in [0.2, 0.25) is 0 Å². The second kappa shape index (κ2) is 6.28. The van der Waals surface area contributed by atoms with Gasteiger partial charge in [0.25, 0.3) is 5.91 Å². The van der Waals surface area contributed by atoms with E-state index in [1.165, 1.54) is 0 Å². The number of halogens is 1. The standard InChI is InChI=1S/C14H18BrNO3/c1-9(2)3-4-16-14(17)10-7-11(15)13-12(8-10)18-5-6-19-13/h7-9H,3-6H2,1-2H3,(H,16,17). The highest BCUT2D eigenvalue weighted by molar-refractivity contribution is 9.10. The van der Waals surface area contributed by atoms with Crippen molar-refractivity contribution in [2.45, 2.75) is 20.3 Å². The topological polar surface area (TPSA) is 47.6 Å². The number of amides is 1. The van der Waals surface area contributed by atoms with Crippen molar-refractivity contribution in [1.29, 1.82) is 0 Å². The Labute approximate surface area is 121 Å². The van der Waals surface area contributed by atoms with Gasteiger partial charge in [-0.1, -0.05) is 13.8 Å². The van der Waals surface area contributed by atoms with Crippen molar-refractivity contribution in [3.05, 3.63) is 22.2 Å². The van der Waals surface area contributed by atoms with Gasteiger partial charge in [-0.15, -0.1) is 0 Å². The van der Waals surface area contributed by atoms with Gasteiger partial charge < -0.3 is 14.8 Å². The summed E-state index contributed by atoms with van der Waals surface area (Å²) in [5.41, 5.74) is 0.583. The first-order chi connectivity index (χ1) is 9.08. The van der Waals surface area contributed by atoms with E-state index in [9.17, 15) is 4.79 Å². The molecule has 1 amide bonds. The fourth-order valence-corrected chi connectivity index (χ4v) is 2.37. The van der Waals surface area contributed by atoms with E-state index in [0.717, 1.165) is 10.9 Å². The van der Waals surface area contributed by atoms with E-state index in [4.69, 9.17) is 9.47 Å². The van der Waals surface area contributed by atoms with Crippen LogP contribution < -0.4 is 14.8 Å². The Hall–Kier alpha value is -1.23.